The Hall–Kier alpha value is -2.31. The van der Waals surface area contributed by atoms with Gasteiger partial charge in [0.25, 0.3) is 0 Å². The van der Waals surface area contributed by atoms with Gasteiger partial charge < -0.3 is 5.11 Å². The standard InChI is InChI=1S/C13H15FN4O2/c1-9(13(19)20)6-7-18-12(15-16-17-18)8-10-4-2-3-5-11(10)14/h2-5,9H,6-8H2,1H3,(H,19,20). The molecule has 0 aliphatic heterocycles. The molecule has 0 aliphatic rings. The topological polar surface area (TPSA) is 80.9 Å². The summed E-state index contributed by atoms with van der Waals surface area (Å²) in [4.78, 5) is 10.8. The first-order valence-electron chi connectivity index (χ1n) is 6.29. The van der Waals surface area contributed by atoms with E-state index in [1.165, 1.54) is 10.7 Å². The smallest absolute Gasteiger partial charge is 0.306 e. The predicted octanol–water partition coefficient (Wildman–Crippen LogP) is 1.51. The Bertz CT molecular complexity index is 600. The van der Waals surface area contributed by atoms with E-state index in [0.29, 0.717) is 24.4 Å². The van der Waals surface area contributed by atoms with Crippen LogP contribution < -0.4 is 0 Å². The van der Waals surface area contributed by atoms with E-state index in [4.69, 9.17) is 5.11 Å². The maximum Gasteiger partial charge on any atom is 0.306 e. The van der Waals surface area contributed by atoms with Gasteiger partial charge >= 0.3 is 5.97 Å². The molecule has 2 aromatic rings. The molecule has 106 valence electrons. The monoisotopic (exact) mass is 278 g/mol. The first kappa shape index (κ1) is 14.1. The van der Waals surface area contributed by atoms with Crippen LogP contribution in [0, 0.1) is 11.7 Å². The van der Waals surface area contributed by atoms with Crippen LogP contribution >= 0.6 is 0 Å². The molecule has 0 amide bonds. The Labute approximate surface area is 115 Å². The van der Waals surface area contributed by atoms with Crippen molar-refractivity contribution in [1.29, 1.82) is 0 Å². The highest BCUT2D eigenvalue weighted by atomic mass is 19.1. The summed E-state index contributed by atoms with van der Waals surface area (Å²) < 4.78 is 15.1. The Morgan fingerprint density at radius 3 is 2.90 bits per heavy atom. The minimum absolute atomic E-state index is 0.279. The number of carbonyl (C=O) groups is 1. The molecule has 1 aromatic heterocycles. The number of carboxylic acids is 1. The lowest BCUT2D eigenvalue weighted by Crippen LogP contribution is -2.15. The molecule has 1 unspecified atom stereocenters. The van der Waals surface area contributed by atoms with E-state index in [1.54, 1.807) is 25.1 Å². The summed E-state index contributed by atoms with van der Waals surface area (Å²) in [5.74, 6) is -1.11. The Morgan fingerprint density at radius 2 is 2.20 bits per heavy atom. The van der Waals surface area contributed by atoms with Crippen molar-refractivity contribution in [1.82, 2.24) is 20.2 Å². The molecular formula is C13H15FN4O2. The fourth-order valence-electron chi connectivity index (χ4n) is 1.78. The van der Waals surface area contributed by atoms with Crippen molar-refractivity contribution in [3.05, 3.63) is 41.5 Å². The number of rotatable bonds is 6. The molecule has 1 heterocycles. The molecule has 7 heteroatoms. The number of hydrogen-bond donors (Lipinski definition) is 1. The van der Waals surface area contributed by atoms with Crippen molar-refractivity contribution in [2.45, 2.75) is 26.3 Å². The van der Waals surface area contributed by atoms with Crippen molar-refractivity contribution in [3.8, 4) is 0 Å². The molecule has 1 atom stereocenters. The second kappa shape index (κ2) is 6.23. The summed E-state index contributed by atoms with van der Waals surface area (Å²) in [6, 6.07) is 6.43. The summed E-state index contributed by atoms with van der Waals surface area (Å²) in [5, 5.41) is 20.1. The molecule has 0 radical (unpaired) electrons. The third-order valence-electron chi connectivity index (χ3n) is 3.11. The van der Waals surface area contributed by atoms with Gasteiger partial charge in [-0.1, -0.05) is 25.1 Å². The van der Waals surface area contributed by atoms with Crippen molar-refractivity contribution >= 4 is 5.97 Å². The maximum absolute atomic E-state index is 13.6. The first-order valence-corrected chi connectivity index (χ1v) is 6.29. The van der Waals surface area contributed by atoms with Crippen LogP contribution in [0.5, 0.6) is 0 Å². The highest BCUT2D eigenvalue weighted by molar-refractivity contribution is 5.69. The van der Waals surface area contributed by atoms with Gasteiger partial charge in [0.15, 0.2) is 5.82 Å². The fourth-order valence-corrected chi connectivity index (χ4v) is 1.78. The third kappa shape index (κ3) is 3.37. The van der Waals surface area contributed by atoms with E-state index in [1.807, 2.05) is 0 Å². The SMILES string of the molecule is CC(CCn1nnnc1Cc1ccccc1F)C(=O)O. The fraction of sp³-hybridized carbons (Fsp3) is 0.385. The minimum atomic E-state index is -0.853. The molecule has 2 rings (SSSR count). The van der Waals surface area contributed by atoms with Crippen LogP contribution in [0.25, 0.3) is 0 Å². The van der Waals surface area contributed by atoms with Gasteiger partial charge in [0.05, 0.1) is 5.92 Å². The Morgan fingerprint density at radius 1 is 1.45 bits per heavy atom. The molecule has 0 saturated carbocycles. The van der Waals surface area contributed by atoms with Crippen LogP contribution in [0.4, 0.5) is 4.39 Å². The number of aromatic nitrogens is 4. The van der Waals surface area contributed by atoms with Gasteiger partial charge in [0.1, 0.15) is 5.82 Å². The maximum atomic E-state index is 13.6. The highest BCUT2D eigenvalue weighted by Gasteiger charge is 2.14. The lowest BCUT2D eigenvalue weighted by molar-refractivity contribution is -0.141. The number of hydrogen-bond acceptors (Lipinski definition) is 4. The van der Waals surface area contributed by atoms with E-state index in [0.717, 1.165) is 0 Å². The van der Waals surface area contributed by atoms with Gasteiger partial charge in [-0.05, 0) is 28.5 Å². The summed E-state index contributed by atoms with van der Waals surface area (Å²) in [5.41, 5.74) is 0.509. The van der Waals surface area contributed by atoms with Crippen LogP contribution in [0.15, 0.2) is 24.3 Å². The number of halogens is 1. The average Bonchev–Trinajstić information content (AvgIpc) is 2.86. The number of carboxylic acid groups (broad SMARTS) is 1. The molecule has 6 nitrogen and oxygen atoms in total. The Kier molecular flexibility index (Phi) is 4.39. The van der Waals surface area contributed by atoms with E-state index in [-0.39, 0.29) is 12.2 Å². The second-order valence-electron chi connectivity index (χ2n) is 4.61. The molecule has 0 bridgehead atoms. The predicted molar refractivity (Wildman–Crippen MR) is 68.4 cm³/mol. The van der Waals surface area contributed by atoms with Gasteiger partial charge in [-0.15, -0.1) is 5.10 Å². The molecule has 0 fully saturated rings. The Balaban J connectivity index is 2.05. The zero-order chi connectivity index (χ0) is 14.5. The van der Waals surface area contributed by atoms with E-state index >= 15 is 0 Å². The van der Waals surface area contributed by atoms with Crippen LogP contribution in [-0.4, -0.2) is 31.3 Å². The summed E-state index contributed by atoms with van der Waals surface area (Å²) in [6.07, 6.45) is 0.700. The van der Waals surface area contributed by atoms with Crippen LogP contribution in [-0.2, 0) is 17.8 Å². The van der Waals surface area contributed by atoms with Gasteiger partial charge in [-0.25, -0.2) is 9.07 Å². The van der Waals surface area contributed by atoms with Gasteiger partial charge in [-0.2, -0.15) is 0 Å². The van der Waals surface area contributed by atoms with Crippen LogP contribution in [0.3, 0.4) is 0 Å². The quantitative estimate of drug-likeness (QED) is 0.866. The van der Waals surface area contributed by atoms with Crippen LogP contribution in [0.1, 0.15) is 24.7 Å². The largest absolute Gasteiger partial charge is 0.481 e. The van der Waals surface area contributed by atoms with E-state index in [9.17, 15) is 9.18 Å². The van der Waals surface area contributed by atoms with E-state index in [2.05, 4.69) is 15.5 Å². The summed E-state index contributed by atoms with van der Waals surface area (Å²) in [7, 11) is 0. The number of benzene rings is 1. The molecule has 0 spiro atoms. The van der Waals surface area contributed by atoms with Gasteiger partial charge in [0, 0.05) is 13.0 Å². The van der Waals surface area contributed by atoms with Gasteiger partial charge in [0.2, 0.25) is 0 Å². The lowest BCUT2D eigenvalue weighted by Gasteiger charge is -2.07. The summed E-state index contributed by atoms with van der Waals surface area (Å²) in [6.45, 7) is 2.02. The third-order valence-corrected chi connectivity index (χ3v) is 3.11. The number of aliphatic carboxylic acids is 1. The minimum Gasteiger partial charge on any atom is -0.481 e. The van der Waals surface area contributed by atoms with Crippen molar-refractivity contribution < 1.29 is 14.3 Å². The lowest BCUT2D eigenvalue weighted by atomic mass is 10.1. The summed E-state index contributed by atoms with van der Waals surface area (Å²) >= 11 is 0. The highest BCUT2D eigenvalue weighted by Crippen LogP contribution is 2.12. The van der Waals surface area contributed by atoms with E-state index < -0.39 is 11.9 Å². The van der Waals surface area contributed by atoms with Crippen molar-refractivity contribution in [2.75, 3.05) is 0 Å². The van der Waals surface area contributed by atoms with Crippen LogP contribution in [0.2, 0.25) is 0 Å². The molecule has 0 saturated heterocycles. The molecule has 1 aromatic carbocycles. The number of aryl methyl sites for hydroxylation is 1. The molecule has 1 N–H and O–H groups in total. The molecule has 20 heavy (non-hydrogen) atoms. The number of nitrogens with zero attached hydrogens (tertiary/aromatic N) is 4. The molecule has 0 aliphatic carbocycles. The molecular weight excluding hydrogens is 263 g/mol. The van der Waals surface area contributed by atoms with Crippen molar-refractivity contribution in [3.63, 3.8) is 0 Å². The average molecular weight is 278 g/mol. The number of tetrazole rings is 1. The second-order valence-corrected chi connectivity index (χ2v) is 4.61. The first-order chi connectivity index (χ1) is 9.58. The van der Waals surface area contributed by atoms with Gasteiger partial charge in [-0.3, -0.25) is 4.79 Å². The normalized spacial score (nSPS) is 12.3. The zero-order valence-electron chi connectivity index (χ0n) is 11.0. The zero-order valence-corrected chi connectivity index (χ0v) is 11.0. The van der Waals surface area contributed by atoms with Crippen molar-refractivity contribution in [2.24, 2.45) is 5.92 Å².